The van der Waals surface area contributed by atoms with E-state index in [-0.39, 0.29) is 11.5 Å². The topological polar surface area (TPSA) is 100 Å². The number of hydrogen-bond donors (Lipinski definition) is 3. The Hall–Kier alpha value is -3.15. The van der Waals surface area contributed by atoms with E-state index in [1.807, 2.05) is 18.2 Å². The van der Waals surface area contributed by atoms with Crippen molar-refractivity contribution in [3.05, 3.63) is 64.2 Å². The normalized spacial score (nSPS) is 11.3. The Kier molecular flexibility index (Phi) is 2.69. The highest BCUT2D eigenvalue weighted by Crippen LogP contribution is 2.20. The van der Waals surface area contributed by atoms with Crippen molar-refractivity contribution in [2.75, 3.05) is 5.73 Å². The van der Waals surface area contributed by atoms with Gasteiger partial charge in [0, 0.05) is 6.42 Å². The molecule has 0 atom stereocenters. The summed E-state index contributed by atoms with van der Waals surface area (Å²) in [6.45, 7) is 0. The van der Waals surface area contributed by atoms with E-state index in [4.69, 9.17) is 5.73 Å². The molecule has 0 aliphatic rings. The number of fused-ring (bicyclic) bond motifs is 2. The zero-order valence-electron chi connectivity index (χ0n) is 11.6. The number of nitrogens with zero attached hydrogens (tertiary/aromatic N) is 2. The predicted octanol–water partition coefficient (Wildman–Crippen LogP) is 1.97. The Morgan fingerprint density at radius 3 is 2.73 bits per heavy atom. The van der Waals surface area contributed by atoms with Crippen molar-refractivity contribution in [2.45, 2.75) is 6.42 Å². The maximum absolute atomic E-state index is 11.8. The molecule has 0 fully saturated rings. The molecule has 0 unspecified atom stereocenters. The van der Waals surface area contributed by atoms with E-state index >= 15 is 0 Å². The number of nitrogens with one attached hydrogen (secondary N) is 2. The molecule has 4 aromatic rings. The van der Waals surface area contributed by atoms with Gasteiger partial charge in [-0.3, -0.25) is 9.78 Å². The standard InChI is InChI=1S/C16H13N5O/c17-16-20-14-13(15(22)21-16)18-12(19-14)8-10-6-3-5-9-4-1-2-7-11(9)10/h1-7H,8H2,(H4,17,18,19,20,21,22). The number of H-pyrrole nitrogens is 2. The Labute approximate surface area is 125 Å². The number of nitrogen functional groups attached to an aromatic ring is 1. The highest BCUT2D eigenvalue weighted by atomic mass is 16.1. The fourth-order valence-corrected chi connectivity index (χ4v) is 2.68. The summed E-state index contributed by atoms with van der Waals surface area (Å²) in [5, 5.41) is 2.35. The summed E-state index contributed by atoms with van der Waals surface area (Å²) in [5.74, 6) is 0.760. The molecule has 2 aromatic carbocycles. The van der Waals surface area contributed by atoms with Gasteiger partial charge in [0.15, 0.2) is 11.2 Å². The second kappa shape index (κ2) is 4.70. The van der Waals surface area contributed by atoms with Crippen molar-refractivity contribution in [3.63, 3.8) is 0 Å². The van der Waals surface area contributed by atoms with E-state index < -0.39 is 0 Å². The quantitative estimate of drug-likeness (QED) is 0.525. The van der Waals surface area contributed by atoms with Gasteiger partial charge in [-0.2, -0.15) is 4.98 Å². The molecule has 6 heteroatoms. The molecule has 0 radical (unpaired) electrons. The first kappa shape index (κ1) is 12.6. The minimum atomic E-state index is -0.306. The lowest BCUT2D eigenvalue weighted by atomic mass is 10.0. The molecular weight excluding hydrogens is 278 g/mol. The van der Waals surface area contributed by atoms with Crippen molar-refractivity contribution in [1.82, 2.24) is 19.9 Å². The Balaban J connectivity index is 1.83. The van der Waals surface area contributed by atoms with Gasteiger partial charge in [-0.25, -0.2) is 4.98 Å². The first-order valence-corrected chi connectivity index (χ1v) is 6.92. The number of aromatic amines is 2. The number of nitrogens with two attached hydrogens (primary N) is 1. The van der Waals surface area contributed by atoms with Crippen molar-refractivity contribution in [1.29, 1.82) is 0 Å². The Morgan fingerprint density at radius 1 is 1.00 bits per heavy atom. The smallest absolute Gasteiger partial charge is 0.278 e. The number of hydrogen-bond acceptors (Lipinski definition) is 4. The second-order valence-corrected chi connectivity index (χ2v) is 5.15. The van der Waals surface area contributed by atoms with Crippen molar-refractivity contribution in [3.8, 4) is 0 Å². The number of aromatic nitrogens is 4. The first-order valence-electron chi connectivity index (χ1n) is 6.92. The van der Waals surface area contributed by atoms with Gasteiger partial charge in [0.25, 0.3) is 5.56 Å². The van der Waals surface area contributed by atoms with Crippen LogP contribution in [-0.2, 0) is 6.42 Å². The highest BCUT2D eigenvalue weighted by molar-refractivity contribution is 5.86. The summed E-state index contributed by atoms with van der Waals surface area (Å²) >= 11 is 0. The summed E-state index contributed by atoms with van der Waals surface area (Å²) in [5.41, 5.74) is 7.07. The van der Waals surface area contributed by atoms with Crippen LogP contribution >= 0.6 is 0 Å². The maximum Gasteiger partial charge on any atom is 0.278 e. The lowest BCUT2D eigenvalue weighted by Crippen LogP contribution is -2.10. The molecule has 0 spiro atoms. The van der Waals surface area contributed by atoms with Crippen LogP contribution in [0.3, 0.4) is 0 Å². The van der Waals surface area contributed by atoms with Crippen LogP contribution in [0.25, 0.3) is 21.9 Å². The Bertz CT molecular complexity index is 1040. The number of benzene rings is 2. The van der Waals surface area contributed by atoms with Crippen LogP contribution in [0, 0.1) is 0 Å². The van der Waals surface area contributed by atoms with E-state index in [0.29, 0.717) is 23.4 Å². The fraction of sp³-hybridized carbons (Fsp3) is 0.0625. The SMILES string of the molecule is Nc1nc2nc(Cc3cccc4ccccc34)[nH]c2c(=O)[nH]1. The zero-order chi connectivity index (χ0) is 15.1. The summed E-state index contributed by atoms with van der Waals surface area (Å²) in [4.78, 5) is 25.7. The Morgan fingerprint density at radius 2 is 1.82 bits per heavy atom. The van der Waals surface area contributed by atoms with Gasteiger partial charge in [-0.15, -0.1) is 0 Å². The lowest BCUT2D eigenvalue weighted by Gasteiger charge is -2.04. The molecule has 4 N–H and O–H groups in total. The molecule has 2 heterocycles. The van der Waals surface area contributed by atoms with Crippen LogP contribution in [0.1, 0.15) is 11.4 Å². The van der Waals surface area contributed by atoms with Gasteiger partial charge in [-0.1, -0.05) is 42.5 Å². The summed E-state index contributed by atoms with van der Waals surface area (Å²) in [6.07, 6.45) is 0.594. The van der Waals surface area contributed by atoms with Crippen LogP contribution in [0.5, 0.6) is 0 Å². The largest absolute Gasteiger partial charge is 0.369 e. The molecule has 0 saturated carbocycles. The van der Waals surface area contributed by atoms with E-state index in [1.165, 1.54) is 10.8 Å². The molecule has 108 valence electrons. The third-order valence-electron chi connectivity index (χ3n) is 3.67. The molecule has 22 heavy (non-hydrogen) atoms. The second-order valence-electron chi connectivity index (χ2n) is 5.15. The molecule has 4 rings (SSSR count). The average Bonchev–Trinajstić information content (AvgIpc) is 2.90. The monoisotopic (exact) mass is 291 g/mol. The summed E-state index contributed by atoms with van der Waals surface area (Å²) in [7, 11) is 0. The first-order chi connectivity index (χ1) is 10.7. The van der Waals surface area contributed by atoms with Crippen LogP contribution in [0.15, 0.2) is 47.3 Å². The van der Waals surface area contributed by atoms with Gasteiger partial charge in [0.2, 0.25) is 5.95 Å². The maximum atomic E-state index is 11.8. The van der Waals surface area contributed by atoms with Crippen LogP contribution in [0.2, 0.25) is 0 Å². The number of rotatable bonds is 2. The molecule has 0 saturated heterocycles. The molecule has 6 nitrogen and oxygen atoms in total. The summed E-state index contributed by atoms with van der Waals surface area (Å²) < 4.78 is 0. The lowest BCUT2D eigenvalue weighted by molar-refractivity contribution is 1.04. The molecule has 0 amide bonds. The van der Waals surface area contributed by atoms with E-state index in [1.54, 1.807) is 0 Å². The molecule has 0 aliphatic heterocycles. The van der Waals surface area contributed by atoms with Gasteiger partial charge in [-0.05, 0) is 16.3 Å². The van der Waals surface area contributed by atoms with E-state index in [0.717, 1.165) is 5.56 Å². The van der Waals surface area contributed by atoms with Gasteiger partial charge in [0.1, 0.15) is 5.82 Å². The van der Waals surface area contributed by atoms with Gasteiger partial charge in [0.05, 0.1) is 0 Å². The number of imidazole rings is 1. The third kappa shape index (κ3) is 2.01. The third-order valence-corrected chi connectivity index (χ3v) is 3.67. The highest BCUT2D eigenvalue weighted by Gasteiger charge is 2.10. The molecular formula is C16H13N5O. The van der Waals surface area contributed by atoms with Crippen LogP contribution in [-0.4, -0.2) is 19.9 Å². The molecule has 0 bridgehead atoms. The fourth-order valence-electron chi connectivity index (χ4n) is 2.68. The minimum Gasteiger partial charge on any atom is -0.369 e. The van der Waals surface area contributed by atoms with E-state index in [9.17, 15) is 4.79 Å². The number of anilines is 1. The minimum absolute atomic E-state index is 0.0701. The average molecular weight is 291 g/mol. The van der Waals surface area contributed by atoms with Crippen molar-refractivity contribution in [2.24, 2.45) is 0 Å². The zero-order valence-corrected chi connectivity index (χ0v) is 11.6. The van der Waals surface area contributed by atoms with Gasteiger partial charge < -0.3 is 10.7 Å². The van der Waals surface area contributed by atoms with Gasteiger partial charge >= 0.3 is 0 Å². The van der Waals surface area contributed by atoms with Crippen LogP contribution in [0.4, 0.5) is 5.95 Å². The molecule has 2 aromatic heterocycles. The van der Waals surface area contributed by atoms with Crippen molar-refractivity contribution < 1.29 is 0 Å². The summed E-state index contributed by atoms with van der Waals surface area (Å²) in [6, 6.07) is 14.3. The van der Waals surface area contributed by atoms with E-state index in [2.05, 4.69) is 44.2 Å². The molecule has 0 aliphatic carbocycles. The van der Waals surface area contributed by atoms with Crippen LogP contribution < -0.4 is 11.3 Å². The van der Waals surface area contributed by atoms with Crippen molar-refractivity contribution >= 4 is 27.9 Å². The predicted molar refractivity (Wildman–Crippen MR) is 85.7 cm³/mol.